The smallest absolute Gasteiger partial charge is 0.219 e. The summed E-state index contributed by atoms with van der Waals surface area (Å²) in [6.45, 7) is 0. The molecule has 0 aliphatic rings. The maximum absolute atomic E-state index is 5.50. The van der Waals surface area contributed by atoms with Gasteiger partial charge in [-0.25, -0.2) is 4.98 Å². The summed E-state index contributed by atoms with van der Waals surface area (Å²) >= 11 is 23.1. The largest absolute Gasteiger partial charge is 0.251 e. The Labute approximate surface area is 87.6 Å². The molecule has 0 atom stereocenters. The van der Waals surface area contributed by atoms with E-state index in [-0.39, 0.29) is 5.82 Å². The summed E-state index contributed by atoms with van der Waals surface area (Å²) in [5, 5.41) is 0.646. The van der Waals surface area contributed by atoms with Crippen molar-refractivity contribution in [2.75, 3.05) is 0 Å². The summed E-state index contributed by atoms with van der Waals surface area (Å²) in [4.78, 5) is 3.88. The molecule has 0 N–H and O–H groups in total. The molecule has 0 aliphatic carbocycles. The highest BCUT2D eigenvalue weighted by atomic mass is 35.6. The summed E-state index contributed by atoms with van der Waals surface area (Å²) in [7, 11) is 0. The van der Waals surface area contributed by atoms with Crippen LogP contribution in [0.2, 0.25) is 0 Å². The molecule has 11 heavy (non-hydrogen) atoms. The van der Waals surface area contributed by atoms with E-state index in [1.54, 1.807) is 0 Å². The molecule has 0 spiro atoms. The van der Waals surface area contributed by atoms with E-state index in [1.807, 2.05) is 0 Å². The molecule has 0 saturated carbocycles. The molecule has 1 aromatic rings. The molecule has 1 heterocycles. The zero-order valence-electron chi connectivity index (χ0n) is 5.02. The minimum Gasteiger partial charge on any atom is -0.219 e. The normalized spacial score (nSPS) is 12.0. The molecular weight excluding hydrogens is 250 g/mol. The van der Waals surface area contributed by atoms with Gasteiger partial charge in [-0.15, -0.1) is 11.6 Å². The van der Waals surface area contributed by atoms with Gasteiger partial charge in [-0.3, -0.25) is 0 Å². The summed E-state index contributed by atoms with van der Waals surface area (Å²) in [6, 6.07) is 0. The molecule has 0 aromatic carbocycles. The number of aromatic nitrogens is 2. The van der Waals surface area contributed by atoms with Gasteiger partial charge in [0.15, 0.2) is 5.82 Å². The third kappa shape index (κ3) is 2.60. The summed E-state index contributed by atoms with van der Waals surface area (Å²) < 4.78 is 2.27. The van der Waals surface area contributed by atoms with Crippen molar-refractivity contribution in [1.82, 2.24) is 9.36 Å². The highest BCUT2D eigenvalue weighted by molar-refractivity contribution is 7.05. The number of alkyl halides is 4. The van der Waals surface area contributed by atoms with Crippen molar-refractivity contribution in [2.24, 2.45) is 0 Å². The summed E-state index contributed by atoms with van der Waals surface area (Å²) in [5.41, 5.74) is 0. The van der Waals surface area contributed by atoms with E-state index in [0.29, 0.717) is 10.9 Å². The van der Waals surface area contributed by atoms with Crippen LogP contribution in [0.3, 0.4) is 0 Å². The molecule has 0 saturated heterocycles. The minimum atomic E-state index is -1.54. The molecule has 0 amide bonds. The van der Waals surface area contributed by atoms with E-state index in [2.05, 4.69) is 9.36 Å². The van der Waals surface area contributed by atoms with E-state index < -0.39 is 3.79 Å². The van der Waals surface area contributed by atoms with Gasteiger partial charge in [-0.2, -0.15) is 4.37 Å². The molecule has 1 rings (SSSR count). The third-order valence-electron chi connectivity index (χ3n) is 0.836. The molecule has 0 bridgehead atoms. The lowest BCUT2D eigenvalue weighted by Gasteiger charge is -2.02. The Kier molecular flexibility index (Phi) is 3.23. The Morgan fingerprint density at radius 1 is 1.36 bits per heavy atom. The Morgan fingerprint density at radius 2 is 2.00 bits per heavy atom. The fraction of sp³-hybridized carbons (Fsp3) is 0.500. The lowest BCUT2D eigenvalue weighted by molar-refractivity contribution is 1.02. The quantitative estimate of drug-likeness (QED) is 0.717. The van der Waals surface area contributed by atoms with Crippen LogP contribution in [0.25, 0.3) is 0 Å². The van der Waals surface area contributed by atoms with Gasteiger partial charge in [0.05, 0.1) is 5.88 Å². The van der Waals surface area contributed by atoms with Gasteiger partial charge in [0.2, 0.25) is 0 Å². The van der Waals surface area contributed by atoms with Crippen LogP contribution in [0.4, 0.5) is 0 Å². The first-order valence-electron chi connectivity index (χ1n) is 2.50. The van der Waals surface area contributed by atoms with Crippen molar-refractivity contribution < 1.29 is 0 Å². The van der Waals surface area contributed by atoms with Gasteiger partial charge >= 0.3 is 0 Å². The Bertz CT molecular complexity index is 242. The molecule has 1 aromatic heterocycles. The minimum absolute atomic E-state index is 0.183. The average molecular weight is 252 g/mol. The molecular formula is C4H2Cl4N2S. The van der Waals surface area contributed by atoms with Crippen LogP contribution in [-0.2, 0) is 9.67 Å². The van der Waals surface area contributed by atoms with Crippen LogP contribution in [0, 0.1) is 0 Å². The predicted octanol–water partition coefficient (Wildman–Crippen LogP) is 3.10. The third-order valence-corrected chi connectivity index (χ3v) is 2.47. The van der Waals surface area contributed by atoms with Crippen molar-refractivity contribution in [3.05, 3.63) is 10.8 Å². The second-order valence-corrected chi connectivity index (χ2v) is 5.03. The van der Waals surface area contributed by atoms with Crippen molar-refractivity contribution in [1.29, 1.82) is 0 Å². The van der Waals surface area contributed by atoms with Crippen molar-refractivity contribution in [2.45, 2.75) is 9.67 Å². The van der Waals surface area contributed by atoms with Gasteiger partial charge in [0.1, 0.15) is 5.01 Å². The predicted molar refractivity (Wildman–Crippen MR) is 48.7 cm³/mol. The SMILES string of the molecule is ClCc1nc(C(Cl)(Cl)Cl)ns1. The lowest BCUT2D eigenvalue weighted by Crippen LogP contribution is -2.02. The van der Waals surface area contributed by atoms with E-state index in [9.17, 15) is 0 Å². The fourth-order valence-electron chi connectivity index (χ4n) is 0.424. The number of nitrogens with zero attached hydrogens (tertiary/aromatic N) is 2. The topological polar surface area (TPSA) is 25.8 Å². The maximum Gasteiger partial charge on any atom is 0.251 e. The summed E-state index contributed by atoms with van der Waals surface area (Å²) in [6.07, 6.45) is 0. The zero-order chi connectivity index (χ0) is 8.48. The van der Waals surface area contributed by atoms with Gasteiger partial charge in [-0.1, -0.05) is 34.8 Å². The molecule has 0 aliphatic heterocycles. The highest BCUT2D eigenvalue weighted by Crippen LogP contribution is 2.36. The number of halogens is 4. The molecule has 7 heteroatoms. The second-order valence-electron chi connectivity index (χ2n) is 1.64. The van der Waals surface area contributed by atoms with Gasteiger partial charge in [0, 0.05) is 0 Å². The molecule has 0 radical (unpaired) electrons. The second kappa shape index (κ2) is 3.62. The Morgan fingerprint density at radius 3 is 2.27 bits per heavy atom. The molecule has 0 unspecified atom stereocenters. The first-order chi connectivity index (χ1) is 5.04. The van der Waals surface area contributed by atoms with Crippen molar-refractivity contribution >= 4 is 57.9 Å². The van der Waals surface area contributed by atoms with Crippen LogP contribution in [-0.4, -0.2) is 9.36 Å². The number of hydrogen-bond donors (Lipinski definition) is 0. The Hall–Kier alpha value is 0.720. The number of hydrogen-bond acceptors (Lipinski definition) is 3. The highest BCUT2D eigenvalue weighted by Gasteiger charge is 2.27. The van der Waals surface area contributed by atoms with Crippen LogP contribution in [0.1, 0.15) is 10.8 Å². The van der Waals surface area contributed by atoms with E-state index in [4.69, 9.17) is 46.4 Å². The first kappa shape index (κ1) is 9.81. The molecule has 0 fully saturated rings. The van der Waals surface area contributed by atoms with Crippen LogP contribution in [0.5, 0.6) is 0 Å². The standard InChI is InChI=1S/C4H2Cl4N2S/c5-1-2-9-3(10-11-2)4(6,7)8/h1H2. The van der Waals surface area contributed by atoms with Crippen LogP contribution < -0.4 is 0 Å². The Balaban J connectivity index is 2.89. The summed E-state index contributed by atoms with van der Waals surface area (Å²) in [5.74, 6) is 0.474. The lowest BCUT2D eigenvalue weighted by atomic mass is 10.7. The first-order valence-corrected chi connectivity index (χ1v) is 4.94. The van der Waals surface area contributed by atoms with Crippen molar-refractivity contribution in [3.63, 3.8) is 0 Å². The molecule has 2 nitrogen and oxygen atoms in total. The fourth-order valence-corrected chi connectivity index (χ4v) is 1.58. The number of rotatable bonds is 1. The zero-order valence-corrected chi connectivity index (χ0v) is 8.86. The average Bonchev–Trinajstić information content (AvgIpc) is 2.32. The van der Waals surface area contributed by atoms with E-state index in [0.717, 1.165) is 11.5 Å². The van der Waals surface area contributed by atoms with E-state index in [1.165, 1.54) is 0 Å². The monoisotopic (exact) mass is 250 g/mol. The van der Waals surface area contributed by atoms with E-state index >= 15 is 0 Å². The molecule has 62 valence electrons. The maximum atomic E-state index is 5.50. The van der Waals surface area contributed by atoms with Gasteiger partial charge in [0.25, 0.3) is 3.79 Å². The van der Waals surface area contributed by atoms with Gasteiger partial charge in [-0.05, 0) is 11.5 Å². The van der Waals surface area contributed by atoms with Crippen molar-refractivity contribution in [3.8, 4) is 0 Å². The van der Waals surface area contributed by atoms with Crippen LogP contribution in [0.15, 0.2) is 0 Å². The van der Waals surface area contributed by atoms with Crippen LogP contribution >= 0.6 is 57.9 Å². The van der Waals surface area contributed by atoms with Gasteiger partial charge < -0.3 is 0 Å².